The van der Waals surface area contributed by atoms with Crippen molar-refractivity contribution in [3.05, 3.63) is 71.8 Å². The van der Waals surface area contributed by atoms with Gasteiger partial charge in [-0.05, 0) is 36.2 Å². The molecule has 0 spiro atoms. The summed E-state index contributed by atoms with van der Waals surface area (Å²) >= 11 is 1.54. The largest absolute Gasteiger partial charge is 0.478 e. The highest BCUT2D eigenvalue weighted by molar-refractivity contribution is 7.23. The molecule has 7 nitrogen and oxygen atoms in total. The van der Waals surface area contributed by atoms with E-state index in [1.165, 1.54) is 6.33 Å². The van der Waals surface area contributed by atoms with Crippen LogP contribution in [0.2, 0.25) is 0 Å². The Morgan fingerprint density at radius 3 is 2.75 bits per heavy atom. The van der Waals surface area contributed by atoms with Crippen molar-refractivity contribution in [1.29, 1.82) is 0 Å². The monoisotopic (exact) mass is 389 g/mol. The Morgan fingerprint density at radius 1 is 1.21 bits per heavy atom. The quantitative estimate of drug-likeness (QED) is 0.392. The molecule has 0 bridgehead atoms. The second kappa shape index (κ2) is 7.53. The van der Waals surface area contributed by atoms with Crippen molar-refractivity contribution in [2.45, 2.75) is 6.92 Å². The maximum Gasteiger partial charge on any atom is 0.335 e. The van der Waals surface area contributed by atoms with Crippen LogP contribution in [0.5, 0.6) is 0 Å². The van der Waals surface area contributed by atoms with E-state index in [1.54, 1.807) is 42.1 Å². The summed E-state index contributed by atoms with van der Waals surface area (Å²) in [5.41, 5.74) is 6.91. The van der Waals surface area contributed by atoms with Gasteiger partial charge in [0.05, 0.1) is 22.0 Å². The van der Waals surface area contributed by atoms with E-state index >= 15 is 0 Å². The SMILES string of the molecule is Cc1c(-c2ccc(C(=O)O)cc2)sc2c(NN=Cc3cccnc3)ncnc12. The fourth-order valence-corrected chi connectivity index (χ4v) is 3.97. The van der Waals surface area contributed by atoms with E-state index in [1.807, 2.05) is 31.2 Å². The lowest BCUT2D eigenvalue weighted by Crippen LogP contribution is -1.95. The summed E-state index contributed by atoms with van der Waals surface area (Å²) < 4.78 is 0.889. The van der Waals surface area contributed by atoms with Gasteiger partial charge in [0.25, 0.3) is 0 Å². The molecule has 3 heterocycles. The van der Waals surface area contributed by atoms with Crippen LogP contribution in [-0.4, -0.2) is 32.2 Å². The van der Waals surface area contributed by atoms with Crippen molar-refractivity contribution < 1.29 is 9.90 Å². The molecule has 1 aromatic carbocycles. The molecule has 4 rings (SSSR count). The van der Waals surface area contributed by atoms with Crippen LogP contribution in [-0.2, 0) is 0 Å². The fraction of sp³-hybridized carbons (Fsp3) is 0.0500. The summed E-state index contributed by atoms with van der Waals surface area (Å²) in [5, 5.41) is 13.3. The molecule has 3 aromatic heterocycles. The molecule has 0 aliphatic rings. The Bertz CT molecular complexity index is 1170. The van der Waals surface area contributed by atoms with E-state index < -0.39 is 5.97 Å². The molecule has 0 aliphatic carbocycles. The Labute approximate surface area is 164 Å². The highest BCUT2D eigenvalue weighted by Gasteiger charge is 2.15. The number of fused-ring (bicyclic) bond motifs is 1. The number of thiophene rings is 1. The van der Waals surface area contributed by atoms with Gasteiger partial charge in [0.2, 0.25) is 0 Å². The second-order valence-corrected chi connectivity index (χ2v) is 7.02. The molecule has 0 aliphatic heterocycles. The second-order valence-electron chi connectivity index (χ2n) is 6.00. The van der Waals surface area contributed by atoms with Crippen LogP contribution in [0.25, 0.3) is 20.7 Å². The van der Waals surface area contributed by atoms with Crippen LogP contribution in [0, 0.1) is 6.92 Å². The first-order valence-electron chi connectivity index (χ1n) is 8.40. The third-order valence-electron chi connectivity index (χ3n) is 4.17. The number of carbonyl (C=O) groups is 1. The van der Waals surface area contributed by atoms with Gasteiger partial charge in [-0.1, -0.05) is 18.2 Å². The molecule has 2 N–H and O–H groups in total. The first kappa shape index (κ1) is 17.7. The number of aromatic nitrogens is 3. The molecule has 0 saturated heterocycles. The Kier molecular flexibility index (Phi) is 4.77. The number of hydrogen-bond donors (Lipinski definition) is 2. The van der Waals surface area contributed by atoms with Gasteiger partial charge in [0, 0.05) is 22.8 Å². The molecular formula is C20H15N5O2S. The predicted octanol–water partition coefficient (Wildman–Crippen LogP) is 4.21. The lowest BCUT2D eigenvalue weighted by atomic mass is 10.1. The number of anilines is 1. The first-order valence-corrected chi connectivity index (χ1v) is 9.22. The topological polar surface area (TPSA) is 100 Å². The van der Waals surface area contributed by atoms with Gasteiger partial charge < -0.3 is 5.11 Å². The van der Waals surface area contributed by atoms with Crippen LogP contribution in [0.1, 0.15) is 21.5 Å². The molecule has 8 heteroatoms. The minimum atomic E-state index is -0.941. The number of carboxylic acid groups (broad SMARTS) is 1. The summed E-state index contributed by atoms with van der Waals surface area (Å²) in [6.45, 7) is 1.99. The third-order valence-corrected chi connectivity index (χ3v) is 5.50. The molecule has 28 heavy (non-hydrogen) atoms. The smallest absolute Gasteiger partial charge is 0.335 e. The van der Waals surface area contributed by atoms with Crippen molar-refractivity contribution in [2.24, 2.45) is 5.10 Å². The van der Waals surface area contributed by atoms with Crippen molar-refractivity contribution >= 4 is 39.6 Å². The third kappa shape index (κ3) is 3.45. The van der Waals surface area contributed by atoms with E-state index in [9.17, 15) is 4.79 Å². The highest BCUT2D eigenvalue weighted by Crippen LogP contribution is 2.39. The Hall–Kier alpha value is -3.65. The summed E-state index contributed by atoms with van der Waals surface area (Å²) in [7, 11) is 0. The van der Waals surface area contributed by atoms with Gasteiger partial charge >= 0.3 is 5.97 Å². The number of aromatic carboxylic acids is 1. The van der Waals surface area contributed by atoms with Gasteiger partial charge in [-0.15, -0.1) is 11.3 Å². The normalized spacial score (nSPS) is 11.2. The fourth-order valence-electron chi connectivity index (χ4n) is 2.76. The average molecular weight is 389 g/mol. The van der Waals surface area contributed by atoms with E-state index in [0.717, 1.165) is 31.8 Å². The van der Waals surface area contributed by atoms with Crippen LogP contribution < -0.4 is 5.43 Å². The van der Waals surface area contributed by atoms with Crippen LogP contribution in [0.3, 0.4) is 0 Å². The van der Waals surface area contributed by atoms with E-state index in [-0.39, 0.29) is 5.56 Å². The molecule has 0 amide bonds. The number of rotatable bonds is 5. The molecule has 0 unspecified atom stereocenters. The van der Waals surface area contributed by atoms with Gasteiger partial charge in [0.1, 0.15) is 6.33 Å². The first-order chi connectivity index (χ1) is 13.6. The summed E-state index contributed by atoms with van der Waals surface area (Å²) in [4.78, 5) is 24.8. The average Bonchev–Trinajstić information content (AvgIpc) is 3.06. The lowest BCUT2D eigenvalue weighted by Gasteiger charge is -2.00. The number of hydrazone groups is 1. The number of hydrogen-bond acceptors (Lipinski definition) is 7. The molecule has 0 saturated carbocycles. The van der Waals surface area contributed by atoms with Gasteiger partial charge in [0.15, 0.2) is 5.82 Å². The lowest BCUT2D eigenvalue weighted by molar-refractivity contribution is 0.0697. The Morgan fingerprint density at radius 2 is 2.04 bits per heavy atom. The van der Waals surface area contributed by atoms with Crippen molar-refractivity contribution in [3.8, 4) is 10.4 Å². The standard InChI is InChI=1S/C20H15N5O2S/c1-12-16-18(28-17(12)14-4-6-15(7-5-14)20(26)27)19(23-11-22-16)25-24-10-13-3-2-8-21-9-13/h2-11H,1H3,(H,26,27)(H,22,23,25). The minimum absolute atomic E-state index is 0.259. The van der Waals surface area contributed by atoms with Crippen molar-refractivity contribution in [2.75, 3.05) is 5.43 Å². The molecule has 138 valence electrons. The van der Waals surface area contributed by atoms with E-state index in [2.05, 4.69) is 25.5 Å². The van der Waals surface area contributed by atoms with Crippen molar-refractivity contribution in [1.82, 2.24) is 15.0 Å². The number of benzene rings is 1. The maximum atomic E-state index is 11.1. The zero-order valence-corrected chi connectivity index (χ0v) is 15.6. The van der Waals surface area contributed by atoms with Crippen LogP contribution >= 0.6 is 11.3 Å². The van der Waals surface area contributed by atoms with Crippen LogP contribution in [0.15, 0.2) is 60.2 Å². The number of aryl methyl sites for hydroxylation is 1. The van der Waals surface area contributed by atoms with Crippen molar-refractivity contribution in [3.63, 3.8) is 0 Å². The molecule has 4 aromatic rings. The van der Waals surface area contributed by atoms with E-state index in [4.69, 9.17) is 5.11 Å². The molecule has 0 radical (unpaired) electrons. The zero-order valence-electron chi connectivity index (χ0n) is 14.8. The van der Waals surface area contributed by atoms with Gasteiger partial charge in [-0.25, -0.2) is 14.8 Å². The molecule has 0 atom stereocenters. The van der Waals surface area contributed by atoms with Crippen LogP contribution in [0.4, 0.5) is 5.82 Å². The Balaban J connectivity index is 1.67. The zero-order chi connectivity index (χ0) is 19.5. The molecular weight excluding hydrogens is 374 g/mol. The van der Waals surface area contributed by atoms with Gasteiger partial charge in [-0.3, -0.25) is 10.4 Å². The van der Waals surface area contributed by atoms with Gasteiger partial charge in [-0.2, -0.15) is 5.10 Å². The number of carboxylic acids is 1. The summed E-state index contributed by atoms with van der Waals surface area (Å²) in [6, 6.07) is 10.6. The summed E-state index contributed by atoms with van der Waals surface area (Å²) in [6.07, 6.45) is 6.60. The number of nitrogens with zero attached hydrogens (tertiary/aromatic N) is 4. The minimum Gasteiger partial charge on any atom is -0.478 e. The van der Waals surface area contributed by atoms with E-state index in [0.29, 0.717) is 5.82 Å². The number of nitrogens with one attached hydrogen (secondary N) is 1. The maximum absolute atomic E-state index is 11.1. The number of pyridine rings is 1. The predicted molar refractivity (Wildman–Crippen MR) is 110 cm³/mol. The molecule has 0 fully saturated rings. The highest BCUT2D eigenvalue weighted by atomic mass is 32.1. The summed E-state index contributed by atoms with van der Waals surface area (Å²) in [5.74, 6) is -0.324.